The first-order valence-electron chi connectivity index (χ1n) is 10.1. The summed E-state index contributed by atoms with van der Waals surface area (Å²) in [5.74, 6) is 0. The molecule has 0 unspecified atom stereocenters. The molecule has 0 aliphatic carbocycles. The molecular formula is C24H29FN2O. The molecule has 2 heterocycles. The molecule has 2 aromatic carbocycles. The fraction of sp³-hybridized carbons (Fsp3) is 0.417. The van der Waals surface area contributed by atoms with Crippen LogP contribution in [0, 0.1) is 0 Å². The second kappa shape index (κ2) is 7.69. The van der Waals surface area contributed by atoms with Gasteiger partial charge in [-0.3, -0.25) is 9.29 Å². The van der Waals surface area contributed by atoms with Gasteiger partial charge in [0, 0.05) is 34.6 Å². The fourth-order valence-corrected chi connectivity index (χ4v) is 4.18. The van der Waals surface area contributed by atoms with Crippen molar-refractivity contribution in [3.05, 3.63) is 59.8 Å². The third-order valence-corrected chi connectivity index (χ3v) is 6.07. The van der Waals surface area contributed by atoms with Crippen LogP contribution in [0.5, 0.6) is 0 Å². The molecule has 4 rings (SSSR count). The molecule has 1 saturated heterocycles. The topological polar surface area (TPSA) is 39.3 Å². The highest BCUT2D eigenvalue weighted by Gasteiger charge is 2.24. The number of alkyl halides is 1. The lowest BCUT2D eigenvalue weighted by Gasteiger charge is -2.21. The number of aliphatic hydroxyl groups is 1. The van der Waals surface area contributed by atoms with Crippen molar-refractivity contribution in [3.63, 3.8) is 0 Å². The van der Waals surface area contributed by atoms with E-state index in [1.807, 2.05) is 26.0 Å². The smallest absolute Gasteiger partial charge is 0.0985 e. The molecule has 0 amide bonds. The average molecular weight is 381 g/mol. The number of hydrogen-bond acceptors (Lipinski definition) is 2. The summed E-state index contributed by atoms with van der Waals surface area (Å²) in [6, 6.07) is 17.1. The number of fused-ring (bicyclic) bond motifs is 1. The Morgan fingerprint density at radius 1 is 1.14 bits per heavy atom. The molecule has 1 fully saturated rings. The van der Waals surface area contributed by atoms with E-state index in [0.717, 1.165) is 48.1 Å². The Kier molecular flexibility index (Phi) is 5.26. The van der Waals surface area contributed by atoms with E-state index < -0.39 is 5.41 Å². The Morgan fingerprint density at radius 2 is 1.96 bits per heavy atom. The molecule has 3 nitrogen and oxygen atoms in total. The number of aromatic amines is 1. The standard InChI is InChI=1S/C24H29FN2O/c1-24(2,16-25)20-6-3-5-17(12-20)18-8-9-23-19(11-18)13-21(26-23)14-27-10-4-7-22(27)15-28/h3,5-6,8-9,11-13,22,26,28H,4,7,10,14-16H2,1-2H3/t22-/m1/s1. The van der Waals surface area contributed by atoms with Crippen molar-refractivity contribution >= 4 is 10.9 Å². The van der Waals surface area contributed by atoms with Crippen LogP contribution in [0.4, 0.5) is 4.39 Å². The van der Waals surface area contributed by atoms with Gasteiger partial charge in [-0.2, -0.15) is 0 Å². The number of rotatable bonds is 6. The number of benzene rings is 2. The summed E-state index contributed by atoms with van der Waals surface area (Å²) in [6.07, 6.45) is 2.23. The fourth-order valence-electron chi connectivity index (χ4n) is 4.18. The summed E-state index contributed by atoms with van der Waals surface area (Å²) >= 11 is 0. The number of aromatic nitrogens is 1. The van der Waals surface area contributed by atoms with Crippen LogP contribution in [0.2, 0.25) is 0 Å². The first kappa shape index (κ1) is 19.2. The van der Waals surface area contributed by atoms with Gasteiger partial charge in [-0.15, -0.1) is 0 Å². The molecule has 28 heavy (non-hydrogen) atoms. The molecule has 0 saturated carbocycles. The number of nitrogens with one attached hydrogen (secondary N) is 1. The number of nitrogens with zero attached hydrogens (tertiary/aromatic N) is 1. The Balaban J connectivity index is 1.61. The van der Waals surface area contributed by atoms with Crippen LogP contribution in [0.3, 0.4) is 0 Å². The maximum atomic E-state index is 13.4. The Hall–Kier alpha value is -2.17. The predicted octanol–water partition coefficient (Wildman–Crippen LogP) is 5.04. The molecule has 1 aromatic heterocycles. The minimum atomic E-state index is -0.472. The van der Waals surface area contributed by atoms with E-state index >= 15 is 0 Å². The van der Waals surface area contributed by atoms with E-state index in [1.54, 1.807) is 0 Å². The predicted molar refractivity (Wildman–Crippen MR) is 113 cm³/mol. The zero-order chi connectivity index (χ0) is 19.7. The van der Waals surface area contributed by atoms with Gasteiger partial charge in [0.05, 0.1) is 13.3 Å². The molecule has 1 atom stereocenters. The van der Waals surface area contributed by atoms with Crippen LogP contribution < -0.4 is 0 Å². The second-order valence-electron chi connectivity index (χ2n) is 8.64. The van der Waals surface area contributed by atoms with Crippen molar-refractivity contribution < 1.29 is 9.50 Å². The van der Waals surface area contributed by atoms with Crippen LogP contribution in [0.15, 0.2) is 48.5 Å². The molecule has 3 aromatic rings. The van der Waals surface area contributed by atoms with Crippen LogP contribution in [-0.4, -0.2) is 40.9 Å². The summed E-state index contributed by atoms with van der Waals surface area (Å²) < 4.78 is 13.4. The maximum Gasteiger partial charge on any atom is 0.0985 e. The van der Waals surface area contributed by atoms with Crippen molar-refractivity contribution in [1.82, 2.24) is 9.88 Å². The number of aliphatic hydroxyl groups excluding tert-OH is 1. The van der Waals surface area contributed by atoms with Gasteiger partial charge >= 0.3 is 0 Å². The van der Waals surface area contributed by atoms with Crippen molar-refractivity contribution in [2.75, 3.05) is 19.8 Å². The summed E-state index contributed by atoms with van der Waals surface area (Å²) in [5.41, 5.74) is 5.11. The van der Waals surface area contributed by atoms with Gasteiger partial charge in [-0.1, -0.05) is 44.2 Å². The van der Waals surface area contributed by atoms with Gasteiger partial charge in [-0.25, -0.2) is 0 Å². The number of hydrogen-bond donors (Lipinski definition) is 2. The maximum absolute atomic E-state index is 13.4. The molecular weight excluding hydrogens is 351 g/mol. The second-order valence-corrected chi connectivity index (χ2v) is 8.64. The quantitative estimate of drug-likeness (QED) is 0.629. The van der Waals surface area contributed by atoms with Crippen molar-refractivity contribution in [2.45, 2.75) is 44.7 Å². The number of halogens is 1. The highest BCUT2D eigenvalue weighted by Crippen LogP contribution is 2.30. The van der Waals surface area contributed by atoms with Gasteiger partial charge in [0.25, 0.3) is 0 Å². The number of H-pyrrole nitrogens is 1. The number of likely N-dealkylation sites (tertiary alicyclic amines) is 1. The van der Waals surface area contributed by atoms with Gasteiger partial charge in [0.15, 0.2) is 0 Å². The lowest BCUT2D eigenvalue weighted by molar-refractivity contribution is 0.152. The molecule has 1 aliphatic heterocycles. The van der Waals surface area contributed by atoms with E-state index in [2.05, 4.69) is 46.3 Å². The van der Waals surface area contributed by atoms with Crippen molar-refractivity contribution in [3.8, 4) is 11.1 Å². The van der Waals surface area contributed by atoms with Crippen LogP contribution >= 0.6 is 0 Å². The van der Waals surface area contributed by atoms with Crippen molar-refractivity contribution in [2.24, 2.45) is 0 Å². The Morgan fingerprint density at radius 3 is 2.75 bits per heavy atom. The summed E-state index contributed by atoms with van der Waals surface area (Å²) in [5, 5.41) is 10.7. The normalized spacial score (nSPS) is 18.2. The Labute approximate surface area is 166 Å². The van der Waals surface area contributed by atoms with Crippen LogP contribution in [0.1, 0.15) is 37.9 Å². The highest BCUT2D eigenvalue weighted by molar-refractivity contribution is 5.86. The molecule has 0 radical (unpaired) electrons. The first-order valence-corrected chi connectivity index (χ1v) is 10.1. The minimum absolute atomic E-state index is 0.232. The molecule has 4 heteroatoms. The van der Waals surface area contributed by atoms with Crippen molar-refractivity contribution in [1.29, 1.82) is 0 Å². The van der Waals surface area contributed by atoms with E-state index in [9.17, 15) is 9.50 Å². The molecule has 148 valence electrons. The molecule has 0 spiro atoms. The van der Waals surface area contributed by atoms with Gasteiger partial charge < -0.3 is 10.1 Å². The zero-order valence-corrected chi connectivity index (χ0v) is 16.7. The lowest BCUT2D eigenvalue weighted by atomic mass is 9.84. The van der Waals surface area contributed by atoms with E-state index in [1.165, 1.54) is 11.1 Å². The molecule has 2 N–H and O–H groups in total. The third kappa shape index (κ3) is 3.71. The Bertz CT molecular complexity index is 962. The summed E-state index contributed by atoms with van der Waals surface area (Å²) in [4.78, 5) is 5.87. The summed E-state index contributed by atoms with van der Waals surface area (Å²) in [6.45, 7) is 5.62. The van der Waals surface area contributed by atoms with Gasteiger partial charge in [0.2, 0.25) is 0 Å². The highest BCUT2D eigenvalue weighted by atomic mass is 19.1. The van der Waals surface area contributed by atoms with E-state index in [0.29, 0.717) is 0 Å². The monoisotopic (exact) mass is 380 g/mol. The lowest BCUT2D eigenvalue weighted by Crippen LogP contribution is -2.31. The van der Waals surface area contributed by atoms with Crippen LogP contribution in [0.25, 0.3) is 22.0 Å². The van der Waals surface area contributed by atoms with Gasteiger partial charge in [0.1, 0.15) is 0 Å². The van der Waals surface area contributed by atoms with Gasteiger partial charge in [-0.05, 0) is 54.3 Å². The van der Waals surface area contributed by atoms with Crippen LogP contribution in [-0.2, 0) is 12.0 Å². The SMILES string of the molecule is CC(C)(CF)c1cccc(-c2ccc3[nH]c(CN4CCC[C@@H]4CO)cc3c2)c1. The molecule has 1 aliphatic rings. The largest absolute Gasteiger partial charge is 0.395 e. The first-order chi connectivity index (χ1) is 13.5. The summed E-state index contributed by atoms with van der Waals surface area (Å²) in [7, 11) is 0. The molecule has 0 bridgehead atoms. The third-order valence-electron chi connectivity index (χ3n) is 6.07. The van der Waals surface area contributed by atoms with E-state index in [-0.39, 0.29) is 19.3 Å². The average Bonchev–Trinajstić information content (AvgIpc) is 3.33. The minimum Gasteiger partial charge on any atom is -0.395 e. The zero-order valence-electron chi connectivity index (χ0n) is 16.7. The van der Waals surface area contributed by atoms with E-state index in [4.69, 9.17) is 0 Å².